The number of ether oxygens (including phenoxy) is 1. The van der Waals surface area contributed by atoms with Gasteiger partial charge in [0.2, 0.25) is 0 Å². The molecule has 0 aliphatic carbocycles. The summed E-state index contributed by atoms with van der Waals surface area (Å²) in [4.78, 5) is 28.0. The molecule has 3 rings (SSSR count). The largest absolute Gasteiger partial charge is 0.453 e. The fourth-order valence-corrected chi connectivity index (χ4v) is 2.69. The molecule has 160 valence electrons. The van der Waals surface area contributed by atoms with Crippen LogP contribution in [0.25, 0.3) is 0 Å². The normalized spacial score (nSPS) is 10.5. The second-order valence-electron chi connectivity index (χ2n) is 7.07. The first-order valence-electron chi connectivity index (χ1n) is 9.73. The quantitative estimate of drug-likeness (QED) is 0.524. The number of urea groups is 1. The smallest absolute Gasteiger partial charge is 0.319 e. The maximum absolute atomic E-state index is 14.3. The van der Waals surface area contributed by atoms with Crippen LogP contribution in [0, 0.1) is 5.82 Å². The van der Waals surface area contributed by atoms with Crippen molar-refractivity contribution in [2.75, 3.05) is 5.32 Å². The average molecular weight is 422 g/mol. The molecule has 3 aromatic rings. The number of nitrogens with one attached hydrogen (secondary N) is 3. The fraction of sp³-hybridized carbons (Fsp3) is 0.174. The summed E-state index contributed by atoms with van der Waals surface area (Å²) in [7, 11) is 0. The monoisotopic (exact) mass is 422 g/mol. The van der Waals surface area contributed by atoms with E-state index in [0.717, 1.165) is 0 Å². The summed E-state index contributed by atoms with van der Waals surface area (Å²) in [5, 5.41) is 8.15. The van der Waals surface area contributed by atoms with Gasteiger partial charge in [0, 0.05) is 30.0 Å². The second-order valence-corrected chi connectivity index (χ2v) is 7.07. The predicted molar refractivity (Wildman–Crippen MR) is 116 cm³/mol. The molecule has 7 nitrogen and oxygen atoms in total. The van der Waals surface area contributed by atoms with Crippen molar-refractivity contribution in [3.63, 3.8) is 0 Å². The van der Waals surface area contributed by atoms with Crippen LogP contribution >= 0.6 is 0 Å². The summed E-state index contributed by atoms with van der Waals surface area (Å²) < 4.78 is 19.8. The Labute approximate surface area is 179 Å². The third kappa shape index (κ3) is 6.53. The van der Waals surface area contributed by atoms with Crippen molar-refractivity contribution < 1.29 is 18.7 Å². The van der Waals surface area contributed by atoms with Gasteiger partial charge in [-0.3, -0.25) is 9.78 Å². The number of carbonyl (C=O) groups is 2. The van der Waals surface area contributed by atoms with Crippen molar-refractivity contribution >= 4 is 17.6 Å². The number of anilines is 1. The van der Waals surface area contributed by atoms with Gasteiger partial charge in [-0.15, -0.1) is 0 Å². The van der Waals surface area contributed by atoms with Crippen LogP contribution in [0.15, 0.2) is 67.0 Å². The summed E-state index contributed by atoms with van der Waals surface area (Å²) in [6.07, 6.45) is 3.09. The van der Waals surface area contributed by atoms with Crippen LogP contribution in [0.5, 0.6) is 11.5 Å². The molecule has 0 aliphatic rings. The van der Waals surface area contributed by atoms with E-state index in [4.69, 9.17) is 4.74 Å². The van der Waals surface area contributed by atoms with E-state index >= 15 is 0 Å². The van der Waals surface area contributed by atoms with Gasteiger partial charge < -0.3 is 20.7 Å². The molecule has 0 unspecified atom stereocenters. The van der Waals surface area contributed by atoms with E-state index in [2.05, 4.69) is 20.9 Å². The first-order valence-corrected chi connectivity index (χ1v) is 9.73. The number of aromatic nitrogens is 1. The van der Waals surface area contributed by atoms with E-state index in [1.54, 1.807) is 48.7 Å². The third-order valence-corrected chi connectivity index (χ3v) is 4.14. The molecule has 3 amide bonds. The van der Waals surface area contributed by atoms with Crippen molar-refractivity contribution in [3.8, 4) is 11.5 Å². The number of carbonyl (C=O) groups excluding carboxylic acids is 2. The number of amides is 3. The van der Waals surface area contributed by atoms with Gasteiger partial charge in [-0.25, -0.2) is 9.18 Å². The number of halogens is 1. The van der Waals surface area contributed by atoms with Gasteiger partial charge in [0.05, 0.1) is 6.20 Å². The Morgan fingerprint density at radius 2 is 1.87 bits per heavy atom. The van der Waals surface area contributed by atoms with Crippen LogP contribution in [0.4, 0.5) is 14.9 Å². The summed E-state index contributed by atoms with van der Waals surface area (Å²) in [5.41, 5.74) is 1.58. The lowest BCUT2D eigenvalue weighted by Gasteiger charge is -2.11. The van der Waals surface area contributed by atoms with Crippen molar-refractivity contribution in [1.82, 2.24) is 15.6 Å². The Kier molecular flexibility index (Phi) is 7.16. The predicted octanol–water partition coefficient (Wildman–Crippen LogP) is 4.47. The molecule has 0 saturated carbocycles. The molecule has 0 saturated heterocycles. The van der Waals surface area contributed by atoms with Gasteiger partial charge in [0.15, 0.2) is 11.6 Å². The first-order chi connectivity index (χ1) is 14.9. The number of benzene rings is 2. The number of nitrogens with zero attached hydrogens (tertiary/aromatic N) is 1. The number of hydrogen-bond acceptors (Lipinski definition) is 4. The molecule has 1 aromatic heterocycles. The lowest BCUT2D eigenvalue weighted by atomic mass is 10.1. The summed E-state index contributed by atoms with van der Waals surface area (Å²) in [6.45, 7) is 3.88. The van der Waals surface area contributed by atoms with E-state index in [-0.39, 0.29) is 30.3 Å². The summed E-state index contributed by atoms with van der Waals surface area (Å²) in [5.74, 6) is -0.338. The number of pyridine rings is 1. The maximum atomic E-state index is 14.3. The molecule has 0 spiro atoms. The minimum absolute atomic E-state index is 0.0193. The molecule has 31 heavy (non-hydrogen) atoms. The molecule has 0 atom stereocenters. The lowest BCUT2D eigenvalue weighted by molar-refractivity contribution is 0.0951. The van der Waals surface area contributed by atoms with Gasteiger partial charge in [0.1, 0.15) is 5.75 Å². The first kappa shape index (κ1) is 21.8. The van der Waals surface area contributed by atoms with Crippen LogP contribution in [0.2, 0.25) is 0 Å². The molecule has 2 aromatic carbocycles. The molecule has 1 heterocycles. The van der Waals surface area contributed by atoms with Gasteiger partial charge in [-0.2, -0.15) is 0 Å². The Hall–Kier alpha value is -3.94. The Morgan fingerprint density at radius 1 is 1.10 bits per heavy atom. The highest BCUT2D eigenvalue weighted by Crippen LogP contribution is 2.24. The van der Waals surface area contributed by atoms with Crippen LogP contribution in [-0.2, 0) is 6.54 Å². The minimum Gasteiger partial charge on any atom is -0.453 e. The number of hydrogen-bond donors (Lipinski definition) is 3. The fourth-order valence-electron chi connectivity index (χ4n) is 2.69. The highest BCUT2D eigenvalue weighted by molar-refractivity contribution is 5.95. The minimum atomic E-state index is -0.536. The Morgan fingerprint density at radius 3 is 2.52 bits per heavy atom. The van der Waals surface area contributed by atoms with E-state index in [9.17, 15) is 14.0 Å². The highest BCUT2D eigenvalue weighted by atomic mass is 19.1. The van der Waals surface area contributed by atoms with Crippen LogP contribution in [-0.4, -0.2) is 23.0 Å². The van der Waals surface area contributed by atoms with Crippen LogP contribution in [0.1, 0.15) is 29.8 Å². The zero-order valence-corrected chi connectivity index (χ0v) is 17.2. The molecule has 0 aliphatic heterocycles. The van der Waals surface area contributed by atoms with Crippen molar-refractivity contribution in [2.24, 2.45) is 0 Å². The average Bonchev–Trinajstić information content (AvgIpc) is 2.74. The molecular weight excluding hydrogens is 399 g/mol. The lowest BCUT2D eigenvalue weighted by Crippen LogP contribution is -2.34. The van der Waals surface area contributed by atoms with Crippen LogP contribution in [0.3, 0.4) is 0 Å². The Bertz CT molecular complexity index is 1040. The maximum Gasteiger partial charge on any atom is 0.319 e. The van der Waals surface area contributed by atoms with E-state index in [1.165, 1.54) is 18.3 Å². The third-order valence-electron chi connectivity index (χ3n) is 4.14. The zero-order chi connectivity index (χ0) is 22.2. The molecular formula is C23H23FN4O3. The zero-order valence-electron chi connectivity index (χ0n) is 17.2. The molecule has 8 heteroatoms. The van der Waals surface area contributed by atoms with Gasteiger partial charge in [-0.05, 0) is 67.9 Å². The second kappa shape index (κ2) is 10.2. The van der Waals surface area contributed by atoms with Crippen molar-refractivity contribution in [1.29, 1.82) is 0 Å². The molecule has 3 N–H and O–H groups in total. The molecule has 0 bridgehead atoms. The topological polar surface area (TPSA) is 92.4 Å². The van der Waals surface area contributed by atoms with Crippen LogP contribution < -0.4 is 20.7 Å². The molecule has 0 fully saturated rings. The standard InChI is InChI=1S/C23H23FN4O3/c1-15(2)27-23(30)28-18-8-6-17(7-9-18)22(29)26-13-16-5-10-21(20(24)12-16)31-19-4-3-11-25-14-19/h3-12,14-15H,13H2,1-2H3,(H,26,29)(H2,27,28,30). The summed E-state index contributed by atoms with van der Waals surface area (Å²) in [6, 6.07) is 14.1. The van der Waals surface area contributed by atoms with Crippen molar-refractivity contribution in [2.45, 2.75) is 26.4 Å². The van der Waals surface area contributed by atoms with E-state index in [0.29, 0.717) is 22.6 Å². The van der Waals surface area contributed by atoms with Crippen molar-refractivity contribution in [3.05, 3.63) is 83.9 Å². The van der Waals surface area contributed by atoms with E-state index < -0.39 is 5.82 Å². The summed E-state index contributed by atoms with van der Waals surface area (Å²) >= 11 is 0. The SMILES string of the molecule is CC(C)NC(=O)Nc1ccc(C(=O)NCc2ccc(Oc3cccnc3)c(F)c2)cc1. The number of rotatable bonds is 7. The van der Waals surface area contributed by atoms with E-state index in [1.807, 2.05) is 13.8 Å². The highest BCUT2D eigenvalue weighted by Gasteiger charge is 2.10. The Balaban J connectivity index is 1.54. The van der Waals surface area contributed by atoms with Gasteiger partial charge in [-0.1, -0.05) is 6.07 Å². The molecule has 0 radical (unpaired) electrons. The van der Waals surface area contributed by atoms with Gasteiger partial charge in [0.25, 0.3) is 5.91 Å². The van der Waals surface area contributed by atoms with Gasteiger partial charge >= 0.3 is 6.03 Å².